The van der Waals surface area contributed by atoms with Crippen LogP contribution in [0.3, 0.4) is 0 Å². The number of benzene rings is 1. The van der Waals surface area contributed by atoms with E-state index in [9.17, 15) is 10.1 Å². The Hall–Kier alpha value is -1.82. The van der Waals surface area contributed by atoms with Gasteiger partial charge in [-0.15, -0.1) is 0 Å². The van der Waals surface area contributed by atoms with Crippen molar-refractivity contribution in [2.45, 2.75) is 13.3 Å². The summed E-state index contributed by atoms with van der Waals surface area (Å²) in [7, 11) is 0. The van der Waals surface area contributed by atoms with Crippen molar-refractivity contribution in [3.05, 3.63) is 28.3 Å². The highest BCUT2D eigenvalue weighted by atomic mass is 16.6. The van der Waals surface area contributed by atoms with Gasteiger partial charge in [0.15, 0.2) is 0 Å². The second kappa shape index (κ2) is 6.05. The molecule has 0 saturated carbocycles. The molecular formula is C11H17N3O3. The quantitative estimate of drug-likeness (QED) is 0.444. The average Bonchev–Trinajstić information content (AvgIpc) is 2.28. The molecule has 0 unspecified atom stereocenters. The van der Waals surface area contributed by atoms with E-state index < -0.39 is 4.92 Å². The van der Waals surface area contributed by atoms with Crippen LogP contribution >= 0.6 is 0 Å². The number of rotatable bonds is 6. The fourth-order valence-corrected chi connectivity index (χ4v) is 1.75. The summed E-state index contributed by atoms with van der Waals surface area (Å²) in [5.74, 6) is 0. The zero-order chi connectivity index (χ0) is 12.8. The largest absolute Gasteiger partial charge is 0.395 e. The topological polar surface area (TPSA) is 92.6 Å². The molecule has 0 saturated heterocycles. The fraction of sp³-hybridized carbons (Fsp3) is 0.455. The van der Waals surface area contributed by atoms with Gasteiger partial charge >= 0.3 is 5.69 Å². The van der Waals surface area contributed by atoms with Gasteiger partial charge in [-0.2, -0.15) is 0 Å². The van der Waals surface area contributed by atoms with Gasteiger partial charge in [0.05, 0.1) is 11.5 Å². The maximum absolute atomic E-state index is 11.0. The minimum Gasteiger partial charge on any atom is -0.395 e. The molecule has 1 aromatic carbocycles. The Bertz CT molecular complexity index is 390. The zero-order valence-electron chi connectivity index (χ0n) is 9.80. The summed E-state index contributed by atoms with van der Waals surface area (Å²) in [5.41, 5.74) is 6.14. The number of nitrogens with two attached hydrogens (primary N) is 1. The molecule has 3 N–H and O–H groups in total. The number of nitro groups is 1. The maximum Gasteiger partial charge on any atom is 0.315 e. The van der Waals surface area contributed by atoms with Gasteiger partial charge in [-0.3, -0.25) is 10.1 Å². The molecule has 0 aromatic heterocycles. The van der Waals surface area contributed by atoms with Crippen LogP contribution in [0.2, 0.25) is 0 Å². The van der Waals surface area contributed by atoms with Crippen LogP contribution in [-0.2, 0) is 0 Å². The molecule has 0 atom stereocenters. The van der Waals surface area contributed by atoms with Gasteiger partial charge in [-0.25, -0.2) is 0 Å². The lowest BCUT2D eigenvalue weighted by atomic mass is 10.2. The molecule has 0 radical (unpaired) electrons. The number of hydrogen-bond donors (Lipinski definition) is 2. The SMILES string of the molecule is CCCN(CCO)c1cccc(N)c1[N+](=O)[O-]. The van der Waals surface area contributed by atoms with Gasteiger partial charge in [0.25, 0.3) is 0 Å². The van der Waals surface area contributed by atoms with Crippen molar-refractivity contribution < 1.29 is 10.0 Å². The molecule has 0 aliphatic rings. The minimum atomic E-state index is -0.481. The summed E-state index contributed by atoms with van der Waals surface area (Å²) in [4.78, 5) is 12.3. The van der Waals surface area contributed by atoms with E-state index in [4.69, 9.17) is 10.8 Å². The molecular weight excluding hydrogens is 222 g/mol. The van der Waals surface area contributed by atoms with Gasteiger partial charge in [0.1, 0.15) is 11.4 Å². The lowest BCUT2D eigenvalue weighted by molar-refractivity contribution is -0.383. The minimum absolute atomic E-state index is 0.0496. The summed E-state index contributed by atoms with van der Waals surface area (Å²) in [6.45, 7) is 2.93. The first-order valence-electron chi connectivity index (χ1n) is 5.50. The monoisotopic (exact) mass is 239 g/mol. The van der Waals surface area contributed by atoms with Gasteiger partial charge in [-0.1, -0.05) is 13.0 Å². The Labute approximate surface area is 99.8 Å². The van der Waals surface area contributed by atoms with Crippen molar-refractivity contribution in [1.82, 2.24) is 0 Å². The van der Waals surface area contributed by atoms with Crippen molar-refractivity contribution in [1.29, 1.82) is 0 Å². The number of hydrogen-bond acceptors (Lipinski definition) is 5. The van der Waals surface area contributed by atoms with Crippen LogP contribution in [-0.4, -0.2) is 29.7 Å². The first-order valence-corrected chi connectivity index (χ1v) is 5.50. The summed E-state index contributed by atoms with van der Waals surface area (Å²) in [6, 6.07) is 4.84. The Balaban J connectivity index is 3.17. The highest BCUT2D eigenvalue weighted by Crippen LogP contribution is 2.33. The van der Waals surface area contributed by atoms with E-state index in [2.05, 4.69) is 0 Å². The Morgan fingerprint density at radius 2 is 2.18 bits per heavy atom. The van der Waals surface area contributed by atoms with Crippen LogP contribution in [0.4, 0.5) is 17.1 Å². The predicted octanol–water partition coefficient (Wildman–Crippen LogP) is 1.39. The summed E-state index contributed by atoms with van der Waals surface area (Å²) in [6.07, 6.45) is 0.839. The lowest BCUT2D eigenvalue weighted by Crippen LogP contribution is -2.28. The molecule has 0 spiro atoms. The van der Waals surface area contributed by atoms with Crippen LogP contribution in [0.15, 0.2) is 18.2 Å². The normalized spacial score (nSPS) is 10.2. The van der Waals surface area contributed by atoms with Crippen LogP contribution in [0.25, 0.3) is 0 Å². The van der Waals surface area contributed by atoms with E-state index in [1.54, 1.807) is 17.0 Å². The van der Waals surface area contributed by atoms with E-state index in [0.717, 1.165) is 6.42 Å². The van der Waals surface area contributed by atoms with Crippen molar-refractivity contribution in [3.63, 3.8) is 0 Å². The third kappa shape index (κ3) is 3.07. The first kappa shape index (κ1) is 13.2. The molecule has 1 aromatic rings. The summed E-state index contributed by atoms with van der Waals surface area (Å²) < 4.78 is 0. The van der Waals surface area contributed by atoms with Crippen molar-refractivity contribution in [2.24, 2.45) is 0 Å². The number of nitrogens with zero attached hydrogens (tertiary/aromatic N) is 2. The van der Waals surface area contributed by atoms with E-state index in [-0.39, 0.29) is 18.0 Å². The molecule has 0 aliphatic heterocycles. The molecule has 6 nitrogen and oxygen atoms in total. The van der Waals surface area contributed by atoms with E-state index in [0.29, 0.717) is 18.8 Å². The molecule has 0 aliphatic carbocycles. The van der Waals surface area contributed by atoms with Crippen LogP contribution in [0.1, 0.15) is 13.3 Å². The molecule has 0 amide bonds. The Morgan fingerprint density at radius 3 is 2.71 bits per heavy atom. The molecule has 6 heteroatoms. The van der Waals surface area contributed by atoms with Crippen molar-refractivity contribution in [2.75, 3.05) is 30.3 Å². The average molecular weight is 239 g/mol. The molecule has 0 heterocycles. The van der Waals surface area contributed by atoms with E-state index in [1.807, 2.05) is 6.92 Å². The van der Waals surface area contributed by atoms with Crippen molar-refractivity contribution in [3.8, 4) is 0 Å². The maximum atomic E-state index is 11.0. The lowest BCUT2D eigenvalue weighted by Gasteiger charge is -2.23. The number of anilines is 2. The van der Waals surface area contributed by atoms with E-state index in [1.165, 1.54) is 6.07 Å². The standard InChI is InChI=1S/C11H17N3O3/c1-2-6-13(7-8-15)10-5-3-4-9(12)11(10)14(16)17/h3-5,15H,2,6-8,12H2,1H3. The predicted molar refractivity (Wildman–Crippen MR) is 67.1 cm³/mol. The molecule has 94 valence electrons. The molecule has 0 bridgehead atoms. The Morgan fingerprint density at radius 1 is 1.47 bits per heavy atom. The first-order chi connectivity index (χ1) is 8.11. The second-order valence-corrected chi connectivity index (χ2v) is 3.68. The summed E-state index contributed by atoms with van der Waals surface area (Å²) in [5, 5.41) is 20.0. The van der Waals surface area contributed by atoms with Crippen LogP contribution in [0.5, 0.6) is 0 Å². The number of nitro benzene ring substituents is 1. The van der Waals surface area contributed by atoms with Crippen molar-refractivity contribution >= 4 is 17.1 Å². The number of aliphatic hydroxyl groups excluding tert-OH is 1. The van der Waals surface area contributed by atoms with Crippen LogP contribution < -0.4 is 10.6 Å². The fourth-order valence-electron chi connectivity index (χ4n) is 1.75. The van der Waals surface area contributed by atoms with Gasteiger partial charge < -0.3 is 15.7 Å². The van der Waals surface area contributed by atoms with Gasteiger partial charge in [-0.05, 0) is 18.6 Å². The van der Waals surface area contributed by atoms with Crippen LogP contribution in [0, 0.1) is 10.1 Å². The smallest absolute Gasteiger partial charge is 0.315 e. The number of para-hydroxylation sites is 1. The second-order valence-electron chi connectivity index (χ2n) is 3.68. The highest BCUT2D eigenvalue weighted by molar-refractivity contribution is 5.75. The van der Waals surface area contributed by atoms with Gasteiger partial charge in [0, 0.05) is 13.1 Å². The molecule has 17 heavy (non-hydrogen) atoms. The number of aliphatic hydroxyl groups is 1. The Kier molecular flexibility index (Phi) is 4.71. The molecule has 1 rings (SSSR count). The molecule has 0 fully saturated rings. The third-order valence-electron chi connectivity index (χ3n) is 2.43. The summed E-state index contributed by atoms with van der Waals surface area (Å²) >= 11 is 0. The van der Waals surface area contributed by atoms with Gasteiger partial charge in [0.2, 0.25) is 0 Å². The van der Waals surface area contributed by atoms with E-state index >= 15 is 0 Å². The highest BCUT2D eigenvalue weighted by Gasteiger charge is 2.21. The number of nitrogen functional groups attached to an aromatic ring is 1. The zero-order valence-corrected chi connectivity index (χ0v) is 9.80. The third-order valence-corrected chi connectivity index (χ3v) is 2.43.